The van der Waals surface area contributed by atoms with Crippen LogP contribution in [0.3, 0.4) is 0 Å². The molecule has 65 heavy (non-hydrogen) atoms. The molecule has 0 aromatic carbocycles. The van der Waals surface area contributed by atoms with Crippen molar-refractivity contribution in [3.05, 3.63) is 72.9 Å². The standard InChI is InChI=1S/C59H105NO5/c1-4-7-10-13-16-19-22-25-28-29-31-34-37-40-43-46-49-52-59(64)65-55(50-47-44-41-38-35-32-27-24-21-18-15-12-9-6-3)53-58(63)60-56(54-61)57(62)51-48-45-42-39-36-33-30-26-23-20-17-14-11-8-5-2/h7,10,13,16,19,22,25,28-29,31,34,37,55-57,61-62H,4-6,8-9,11-12,14-15,17-18,20-21,23-24,26-27,30,32-33,35-36,38-54H2,1-3H3,(H,60,63)/b10-7-,16-13+,22-19+,28-25-,31-29+,37-34+. The summed E-state index contributed by atoms with van der Waals surface area (Å²) in [5.41, 5.74) is 0. The Labute approximate surface area is 402 Å². The van der Waals surface area contributed by atoms with E-state index < -0.39 is 18.2 Å². The number of allylic oxidation sites excluding steroid dienone is 12. The summed E-state index contributed by atoms with van der Waals surface area (Å²) < 4.78 is 5.93. The molecular weight excluding hydrogens is 803 g/mol. The Bertz CT molecular complexity index is 1200. The summed E-state index contributed by atoms with van der Waals surface area (Å²) in [6.45, 7) is 6.35. The van der Waals surface area contributed by atoms with E-state index in [1.807, 2.05) is 48.6 Å². The van der Waals surface area contributed by atoms with Crippen LogP contribution in [0.5, 0.6) is 0 Å². The van der Waals surface area contributed by atoms with Gasteiger partial charge in [-0.1, -0.05) is 280 Å². The van der Waals surface area contributed by atoms with Crippen LogP contribution in [0.25, 0.3) is 0 Å². The minimum atomic E-state index is -0.798. The summed E-state index contributed by atoms with van der Waals surface area (Å²) in [5.74, 6) is -0.518. The van der Waals surface area contributed by atoms with Crippen molar-refractivity contribution in [3.8, 4) is 0 Å². The van der Waals surface area contributed by atoms with E-state index in [-0.39, 0.29) is 24.9 Å². The summed E-state index contributed by atoms with van der Waals surface area (Å²) in [6, 6.07) is -0.713. The third-order valence-corrected chi connectivity index (χ3v) is 12.5. The van der Waals surface area contributed by atoms with Gasteiger partial charge in [0.15, 0.2) is 0 Å². The number of aliphatic hydroxyl groups is 2. The predicted octanol–water partition coefficient (Wildman–Crippen LogP) is 17.0. The second-order valence-electron chi connectivity index (χ2n) is 18.8. The van der Waals surface area contributed by atoms with E-state index >= 15 is 0 Å². The smallest absolute Gasteiger partial charge is 0.306 e. The highest BCUT2D eigenvalue weighted by Gasteiger charge is 2.24. The molecule has 0 heterocycles. The molecule has 376 valence electrons. The lowest BCUT2D eigenvalue weighted by atomic mass is 10.0. The lowest BCUT2D eigenvalue weighted by Crippen LogP contribution is -2.46. The van der Waals surface area contributed by atoms with E-state index in [9.17, 15) is 19.8 Å². The van der Waals surface area contributed by atoms with Crippen molar-refractivity contribution < 1.29 is 24.5 Å². The molecule has 0 rings (SSSR count). The Balaban J connectivity index is 4.63. The molecule has 3 unspecified atom stereocenters. The molecule has 1 amide bonds. The average Bonchev–Trinajstić information content (AvgIpc) is 3.30. The van der Waals surface area contributed by atoms with Crippen LogP contribution in [0.1, 0.15) is 265 Å². The van der Waals surface area contributed by atoms with Gasteiger partial charge in [-0.3, -0.25) is 9.59 Å². The van der Waals surface area contributed by atoms with Crippen LogP contribution in [-0.2, 0) is 14.3 Å². The molecule has 3 atom stereocenters. The fourth-order valence-corrected chi connectivity index (χ4v) is 8.29. The van der Waals surface area contributed by atoms with Crippen LogP contribution in [0.2, 0.25) is 0 Å². The Hall–Kier alpha value is -2.70. The predicted molar refractivity (Wildman–Crippen MR) is 282 cm³/mol. The van der Waals surface area contributed by atoms with E-state index in [1.54, 1.807) is 0 Å². The maximum Gasteiger partial charge on any atom is 0.306 e. The van der Waals surface area contributed by atoms with Crippen LogP contribution in [0.15, 0.2) is 72.9 Å². The molecule has 0 aliphatic heterocycles. The fourth-order valence-electron chi connectivity index (χ4n) is 8.29. The van der Waals surface area contributed by atoms with Crippen LogP contribution in [0.4, 0.5) is 0 Å². The Morgan fingerprint density at radius 1 is 0.462 bits per heavy atom. The molecule has 0 bridgehead atoms. The zero-order valence-electron chi connectivity index (χ0n) is 42.9. The second kappa shape index (κ2) is 52.3. The molecular formula is C59H105NO5. The number of rotatable bonds is 49. The third-order valence-electron chi connectivity index (χ3n) is 12.5. The van der Waals surface area contributed by atoms with Crippen molar-refractivity contribution >= 4 is 11.9 Å². The minimum absolute atomic E-state index is 0.0594. The second-order valence-corrected chi connectivity index (χ2v) is 18.8. The van der Waals surface area contributed by atoms with Gasteiger partial charge in [-0.25, -0.2) is 0 Å². The molecule has 6 nitrogen and oxygen atoms in total. The first-order valence-electron chi connectivity index (χ1n) is 27.7. The SMILES string of the molecule is CC\C=C/C=C/C=C/C=C\C=C\C=C\CCCCCC(=O)OC(CCCCCCCCCCCCCCCC)CC(=O)NC(CO)C(O)CCCCCCCCCCCCCCCCC. The van der Waals surface area contributed by atoms with E-state index in [0.29, 0.717) is 19.3 Å². The molecule has 6 heteroatoms. The van der Waals surface area contributed by atoms with Crippen molar-refractivity contribution in [1.82, 2.24) is 5.32 Å². The fraction of sp³-hybridized carbons (Fsp3) is 0.763. The normalized spacial score (nSPS) is 13.7. The van der Waals surface area contributed by atoms with Gasteiger partial charge in [0.1, 0.15) is 6.10 Å². The highest BCUT2D eigenvalue weighted by molar-refractivity contribution is 5.77. The number of hydrogen-bond donors (Lipinski definition) is 3. The van der Waals surface area contributed by atoms with Crippen molar-refractivity contribution in [2.24, 2.45) is 0 Å². The largest absolute Gasteiger partial charge is 0.462 e. The van der Waals surface area contributed by atoms with Crippen LogP contribution >= 0.6 is 0 Å². The maximum absolute atomic E-state index is 13.2. The number of amides is 1. The van der Waals surface area contributed by atoms with Gasteiger partial charge in [-0.2, -0.15) is 0 Å². The number of carbonyl (C=O) groups excluding carboxylic acids is 2. The average molecular weight is 908 g/mol. The molecule has 0 spiro atoms. The van der Waals surface area contributed by atoms with Crippen LogP contribution in [-0.4, -0.2) is 46.9 Å². The van der Waals surface area contributed by atoms with Crippen molar-refractivity contribution in [1.29, 1.82) is 0 Å². The first kappa shape index (κ1) is 62.3. The van der Waals surface area contributed by atoms with E-state index in [2.05, 4.69) is 50.4 Å². The van der Waals surface area contributed by atoms with Crippen molar-refractivity contribution in [2.45, 2.75) is 283 Å². The summed E-state index contributed by atoms with van der Waals surface area (Å²) in [5, 5.41) is 23.9. The summed E-state index contributed by atoms with van der Waals surface area (Å²) in [4.78, 5) is 26.2. The highest BCUT2D eigenvalue weighted by atomic mass is 16.5. The molecule has 0 aliphatic carbocycles. The molecule has 0 radical (unpaired) electrons. The van der Waals surface area contributed by atoms with Gasteiger partial charge in [-0.05, 0) is 44.9 Å². The Kier molecular flexibility index (Phi) is 50.1. The quantitative estimate of drug-likeness (QED) is 0.0321. The van der Waals surface area contributed by atoms with E-state index in [4.69, 9.17) is 4.74 Å². The lowest BCUT2D eigenvalue weighted by Gasteiger charge is -2.24. The first-order valence-corrected chi connectivity index (χ1v) is 27.7. The zero-order chi connectivity index (χ0) is 47.4. The summed E-state index contributed by atoms with van der Waals surface area (Å²) in [7, 11) is 0. The number of aliphatic hydroxyl groups excluding tert-OH is 2. The van der Waals surface area contributed by atoms with Gasteiger partial charge in [0, 0.05) is 6.42 Å². The van der Waals surface area contributed by atoms with Gasteiger partial charge in [-0.15, -0.1) is 0 Å². The summed E-state index contributed by atoms with van der Waals surface area (Å²) in [6.07, 6.45) is 66.7. The van der Waals surface area contributed by atoms with Crippen molar-refractivity contribution in [2.75, 3.05) is 6.61 Å². The highest BCUT2D eigenvalue weighted by Crippen LogP contribution is 2.18. The monoisotopic (exact) mass is 908 g/mol. The zero-order valence-corrected chi connectivity index (χ0v) is 42.9. The van der Waals surface area contributed by atoms with Crippen molar-refractivity contribution in [3.63, 3.8) is 0 Å². The van der Waals surface area contributed by atoms with Gasteiger partial charge >= 0.3 is 5.97 Å². The first-order chi connectivity index (χ1) is 32.0. The number of esters is 1. The number of ether oxygens (including phenoxy) is 1. The summed E-state index contributed by atoms with van der Waals surface area (Å²) >= 11 is 0. The maximum atomic E-state index is 13.2. The third kappa shape index (κ3) is 47.6. The van der Waals surface area contributed by atoms with Gasteiger partial charge in [0.05, 0.1) is 25.2 Å². The van der Waals surface area contributed by atoms with E-state index in [1.165, 1.54) is 148 Å². The topological polar surface area (TPSA) is 95.9 Å². The Morgan fingerprint density at radius 2 is 0.831 bits per heavy atom. The number of hydrogen-bond acceptors (Lipinski definition) is 5. The number of carbonyl (C=O) groups is 2. The van der Waals surface area contributed by atoms with Gasteiger partial charge < -0.3 is 20.3 Å². The molecule has 0 saturated carbocycles. The molecule has 0 aromatic heterocycles. The number of unbranched alkanes of at least 4 members (excludes halogenated alkanes) is 30. The van der Waals surface area contributed by atoms with E-state index in [0.717, 1.165) is 70.6 Å². The lowest BCUT2D eigenvalue weighted by molar-refractivity contribution is -0.151. The number of nitrogens with one attached hydrogen (secondary N) is 1. The van der Waals surface area contributed by atoms with Gasteiger partial charge in [0.2, 0.25) is 5.91 Å². The van der Waals surface area contributed by atoms with Crippen LogP contribution < -0.4 is 5.32 Å². The van der Waals surface area contributed by atoms with Gasteiger partial charge in [0.25, 0.3) is 0 Å². The molecule has 3 N–H and O–H groups in total. The molecule has 0 saturated heterocycles. The molecule has 0 aliphatic rings. The minimum Gasteiger partial charge on any atom is -0.462 e. The molecule has 0 fully saturated rings. The van der Waals surface area contributed by atoms with Crippen LogP contribution in [0, 0.1) is 0 Å². The Morgan fingerprint density at radius 3 is 1.25 bits per heavy atom. The molecule has 0 aromatic rings.